The predicted molar refractivity (Wildman–Crippen MR) is 55.8 cm³/mol. The Hall–Kier alpha value is -1.90. The van der Waals surface area contributed by atoms with Crippen LogP contribution in [0.1, 0.15) is 10.4 Å². The third kappa shape index (κ3) is 1.46. The highest BCUT2D eigenvalue weighted by molar-refractivity contribution is 6.01. The summed E-state index contributed by atoms with van der Waals surface area (Å²) in [4.78, 5) is 10.8. The lowest BCUT2D eigenvalue weighted by Gasteiger charge is -2.07. The second-order valence-corrected chi connectivity index (χ2v) is 3.14. The molecule has 2 aromatic carbocycles. The second kappa shape index (κ2) is 3.69. The zero-order valence-corrected chi connectivity index (χ0v) is 8.16. The van der Waals surface area contributed by atoms with Gasteiger partial charge in [0, 0.05) is 16.3 Å². The minimum absolute atomic E-state index is 0.352. The summed E-state index contributed by atoms with van der Waals surface area (Å²) >= 11 is 0. The molecule has 0 spiro atoms. The maximum Gasteiger partial charge on any atom is 0.150 e. The first-order valence-corrected chi connectivity index (χ1v) is 4.48. The molecule has 0 amide bonds. The molecular formula is C12H9FO2. The molecule has 0 N–H and O–H groups in total. The molecule has 15 heavy (non-hydrogen) atoms. The highest BCUT2D eigenvalue weighted by Gasteiger charge is 2.09. The van der Waals surface area contributed by atoms with Gasteiger partial charge in [-0.15, -0.1) is 0 Å². The molecule has 0 aliphatic heterocycles. The maximum atomic E-state index is 13.4. The van der Waals surface area contributed by atoms with Crippen LogP contribution in [0.4, 0.5) is 4.39 Å². The van der Waals surface area contributed by atoms with Gasteiger partial charge in [-0.3, -0.25) is 4.79 Å². The van der Waals surface area contributed by atoms with Crippen LogP contribution in [-0.4, -0.2) is 13.4 Å². The molecular weight excluding hydrogens is 195 g/mol. The molecule has 0 fully saturated rings. The summed E-state index contributed by atoms with van der Waals surface area (Å²) in [5.74, 6) is 0.156. The molecule has 3 heteroatoms. The fourth-order valence-corrected chi connectivity index (χ4v) is 1.63. The highest BCUT2D eigenvalue weighted by Crippen LogP contribution is 2.29. The van der Waals surface area contributed by atoms with Gasteiger partial charge in [-0.1, -0.05) is 12.1 Å². The van der Waals surface area contributed by atoms with E-state index in [1.165, 1.54) is 19.2 Å². The number of rotatable bonds is 2. The van der Waals surface area contributed by atoms with Crippen molar-refractivity contribution in [2.24, 2.45) is 0 Å². The number of halogens is 1. The molecule has 2 nitrogen and oxygen atoms in total. The summed E-state index contributed by atoms with van der Waals surface area (Å²) in [6.45, 7) is 0. The number of methoxy groups -OCH3 is 1. The van der Waals surface area contributed by atoms with Gasteiger partial charge in [-0.25, -0.2) is 4.39 Å². The van der Waals surface area contributed by atoms with E-state index in [4.69, 9.17) is 4.74 Å². The Morgan fingerprint density at radius 3 is 2.73 bits per heavy atom. The van der Waals surface area contributed by atoms with Crippen LogP contribution in [0, 0.1) is 5.82 Å². The fraction of sp³-hybridized carbons (Fsp3) is 0.0833. The summed E-state index contributed by atoms with van der Waals surface area (Å²) in [5.41, 5.74) is 0.434. The lowest BCUT2D eigenvalue weighted by atomic mass is 10.0. The van der Waals surface area contributed by atoms with E-state index in [1.807, 2.05) is 0 Å². The van der Waals surface area contributed by atoms with E-state index in [0.29, 0.717) is 28.4 Å². The minimum Gasteiger partial charge on any atom is -0.496 e. The Balaban J connectivity index is 2.94. The second-order valence-electron chi connectivity index (χ2n) is 3.14. The topological polar surface area (TPSA) is 26.3 Å². The van der Waals surface area contributed by atoms with Gasteiger partial charge in [0.05, 0.1) is 7.11 Å². The number of carbonyl (C=O) groups excluding carboxylic acids is 1. The van der Waals surface area contributed by atoms with Gasteiger partial charge in [0.15, 0.2) is 6.29 Å². The zero-order chi connectivity index (χ0) is 10.8. The first-order chi connectivity index (χ1) is 7.27. The van der Waals surface area contributed by atoms with Gasteiger partial charge in [0.1, 0.15) is 11.6 Å². The van der Waals surface area contributed by atoms with Crippen molar-refractivity contribution in [3.8, 4) is 5.75 Å². The molecule has 0 atom stereocenters. The van der Waals surface area contributed by atoms with Gasteiger partial charge < -0.3 is 4.74 Å². The third-order valence-corrected chi connectivity index (χ3v) is 2.33. The quantitative estimate of drug-likeness (QED) is 0.703. The number of hydrogen-bond donors (Lipinski definition) is 0. The van der Waals surface area contributed by atoms with Crippen molar-refractivity contribution >= 4 is 17.1 Å². The van der Waals surface area contributed by atoms with Crippen molar-refractivity contribution in [2.75, 3.05) is 7.11 Å². The van der Waals surface area contributed by atoms with Crippen LogP contribution in [0.25, 0.3) is 10.8 Å². The lowest BCUT2D eigenvalue weighted by Crippen LogP contribution is -1.91. The van der Waals surface area contributed by atoms with Crippen LogP contribution in [0.15, 0.2) is 30.3 Å². The first kappa shape index (κ1) is 9.65. The van der Waals surface area contributed by atoms with Gasteiger partial charge in [0.25, 0.3) is 0 Å². The normalized spacial score (nSPS) is 10.3. The summed E-state index contributed by atoms with van der Waals surface area (Å²) in [7, 11) is 1.49. The zero-order valence-electron chi connectivity index (χ0n) is 8.16. The molecule has 2 rings (SSSR count). The molecule has 0 saturated carbocycles. The number of carbonyl (C=O) groups is 1. The van der Waals surface area contributed by atoms with E-state index in [1.54, 1.807) is 18.2 Å². The smallest absolute Gasteiger partial charge is 0.150 e. The van der Waals surface area contributed by atoms with E-state index in [9.17, 15) is 9.18 Å². The van der Waals surface area contributed by atoms with Crippen molar-refractivity contribution in [3.05, 3.63) is 41.7 Å². The van der Waals surface area contributed by atoms with Crippen molar-refractivity contribution < 1.29 is 13.9 Å². The van der Waals surface area contributed by atoms with Crippen LogP contribution in [0.5, 0.6) is 5.75 Å². The Kier molecular flexibility index (Phi) is 2.37. The van der Waals surface area contributed by atoms with Gasteiger partial charge in [0.2, 0.25) is 0 Å². The SMILES string of the molecule is COc1cccc2c(F)ccc(C=O)c12. The van der Waals surface area contributed by atoms with Crippen LogP contribution in [-0.2, 0) is 0 Å². The Bertz CT molecular complexity index is 520. The van der Waals surface area contributed by atoms with Gasteiger partial charge >= 0.3 is 0 Å². The van der Waals surface area contributed by atoms with Crippen molar-refractivity contribution in [2.45, 2.75) is 0 Å². The summed E-state index contributed by atoms with van der Waals surface area (Å²) in [5, 5.41) is 0.925. The van der Waals surface area contributed by atoms with Crippen LogP contribution in [0.3, 0.4) is 0 Å². The van der Waals surface area contributed by atoms with E-state index in [0.717, 1.165) is 0 Å². The predicted octanol–water partition coefficient (Wildman–Crippen LogP) is 2.80. The summed E-state index contributed by atoms with van der Waals surface area (Å²) in [6, 6.07) is 7.76. The Morgan fingerprint density at radius 2 is 2.07 bits per heavy atom. The Labute approximate surface area is 86.3 Å². The number of ether oxygens (including phenoxy) is 1. The van der Waals surface area contributed by atoms with Crippen LogP contribution >= 0.6 is 0 Å². The van der Waals surface area contributed by atoms with Gasteiger partial charge in [-0.2, -0.15) is 0 Å². The average Bonchev–Trinajstić information content (AvgIpc) is 2.29. The largest absolute Gasteiger partial charge is 0.496 e. The highest BCUT2D eigenvalue weighted by atomic mass is 19.1. The number of fused-ring (bicyclic) bond motifs is 1. The summed E-state index contributed by atoms with van der Waals surface area (Å²) in [6.07, 6.45) is 0.699. The molecule has 0 saturated heterocycles. The lowest BCUT2D eigenvalue weighted by molar-refractivity contribution is 0.112. The van der Waals surface area contributed by atoms with Crippen LogP contribution < -0.4 is 4.74 Å². The molecule has 76 valence electrons. The molecule has 0 aliphatic rings. The van der Waals surface area contributed by atoms with E-state index in [-0.39, 0.29) is 5.82 Å². The van der Waals surface area contributed by atoms with Crippen LogP contribution in [0.2, 0.25) is 0 Å². The van der Waals surface area contributed by atoms with Gasteiger partial charge in [-0.05, 0) is 18.2 Å². The summed E-state index contributed by atoms with van der Waals surface area (Å²) < 4.78 is 18.5. The molecule has 0 unspecified atom stereocenters. The molecule has 0 bridgehead atoms. The fourth-order valence-electron chi connectivity index (χ4n) is 1.63. The molecule has 0 aliphatic carbocycles. The Morgan fingerprint density at radius 1 is 1.27 bits per heavy atom. The number of benzene rings is 2. The van der Waals surface area contributed by atoms with Crippen molar-refractivity contribution in [3.63, 3.8) is 0 Å². The van der Waals surface area contributed by atoms with E-state index >= 15 is 0 Å². The molecule has 0 radical (unpaired) electrons. The number of hydrogen-bond acceptors (Lipinski definition) is 2. The molecule has 2 aromatic rings. The monoisotopic (exact) mass is 204 g/mol. The third-order valence-electron chi connectivity index (χ3n) is 2.33. The standard InChI is InChI=1S/C12H9FO2/c1-15-11-4-2-3-9-10(13)6-5-8(7-14)12(9)11/h2-7H,1H3. The molecule has 0 aromatic heterocycles. The maximum absolute atomic E-state index is 13.4. The van der Waals surface area contributed by atoms with Crippen molar-refractivity contribution in [1.82, 2.24) is 0 Å². The minimum atomic E-state index is -0.352. The van der Waals surface area contributed by atoms with E-state index in [2.05, 4.69) is 0 Å². The van der Waals surface area contributed by atoms with Crippen molar-refractivity contribution in [1.29, 1.82) is 0 Å². The number of aldehydes is 1. The van der Waals surface area contributed by atoms with E-state index < -0.39 is 0 Å². The molecule has 0 heterocycles. The average molecular weight is 204 g/mol. The first-order valence-electron chi connectivity index (χ1n) is 4.48.